The lowest BCUT2D eigenvalue weighted by molar-refractivity contribution is 0.371. The van der Waals surface area contributed by atoms with E-state index in [2.05, 4.69) is 21.2 Å². The Kier molecular flexibility index (Phi) is 4.56. The van der Waals surface area contributed by atoms with E-state index in [1.807, 2.05) is 30.3 Å². The summed E-state index contributed by atoms with van der Waals surface area (Å²) in [6.07, 6.45) is 0. The van der Waals surface area contributed by atoms with E-state index in [1.165, 1.54) is 7.11 Å². The minimum Gasteiger partial charge on any atom is -0.503 e. The van der Waals surface area contributed by atoms with Crippen LogP contribution in [0.15, 0.2) is 40.9 Å². The number of nitrogens with one attached hydrogen (secondary N) is 1. The average molecular weight is 343 g/mol. The molecule has 0 amide bonds. The van der Waals surface area contributed by atoms with Crippen LogP contribution in [0.5, 0.6) is 11.5 Å². The van der Waals surface area contributed by atoms with Gasteiger partial charge in [0, 0.05) is 17.3 Å². The van der Waals surface area contributed by atoms with E-state index in [4.69, 9.17) is 16.3 Å². The molecule has 0 aliphatic heterocycles. The molecule has 0 saturated heterocycles. The molecule has 2 aromatic carbocycles. The molecule has 0 bridgehead atoms. The number of hydrogen-bond acceptors (Lipinski definition) is 3. The molecular weight excluding hydrogens is 330 g/mol. The van der Waals surface area contributed by atoms with Crippen LogP contribution in [0.4, 0.5) is 5.69 Å². The standard InChI is InChI=1S/C14H13BrClNO2/c1-19-13-6-9(5-12(15)14(13)18)8-17-11-4-2-3-10(16)7-11/h2-7,17-18H,8H2,1H3. The summed E-state index contributed by atoms with van der Waals surface area (Å²) in [4.78, 5) is 0. The van der Waals surface area contributed by atoms with Gasteiger partial charge in [-0.05, 0) is 51.8 Å². The molecule has 0 aliphatic carbocycles. The molecular formula is C14H13BrClNO2. The molecule has 2 rings (SSSR count). The SMILES string of the molecule is COc1cc(CNc2cccc(Cl)c2)cc(Br)c1O. The lowest BCUT2D eigenvalue weighted by Crippen LogP contribution is -2.00. The lowest BCUT2D eigenvalue weighted by Gasteiger charge is -2.11. The Labute approximate surface area is 125 Å². The van der Waals surface area contributed by atoms with Gasteiger partial charge in [0.15, 0.2) is 11.5 Å². The summed E-state index contributed by atoms with van der Waals surface area (Å²) < 4.78 is 5.71. The van der Waals surface area contributed by atoms with Gasteiger partial charge in [0.1, 0.15) is 0 Å². The largest absolute Gasteiger partial charge is 0.503 e. The molecule has 2 aromatic rings. The Morgan fingerprint density at radius 1 is 1.32 bits per heavy atom. The molecule has 0 saturated carbocycles. The van der Waals surface area contributed by atoms with E-state index in [9.17, 15) is 5.11 Å². The summed E-state index contributed by atoms with van der Waals surface area (Å²) in [5.74, 6) is 0.547. The lowest BCUT2D eigenvalue weighted by atomic mass is 10.2. The first-order valence-corrected chi connectivity index (χ1v) is 6.82. The van der Waals surface area contributed by atoms with Gasteiger partial charge >= 0.3 is 0 Å². The van der Waals surface area contributed by atoms with Crippen LogP contribution in [-0.4, -0.2) is 12.2 Å². The number of phenols is 1. The number of ether oxygens (including phenoxy) is 1. The fourth-order valence-electron chi connectivity index (χ4n) is 1.69. The van der Waals surface area contributed by atoms with Crippen LogP contribution in [0.25, 0.3) is 0 Å². The molecule has 100 valence electrons. The average Bonchev–Trinajstić information content (AvgIpc) is 2.40. The maximum absolute atomic E-state index is 9.73. The van der Waals surface area contributed by atoms with E-state index in [0.717, 1.165) is 11.3 Å². The third kappa shape index (κ3) is 3.55. The van der Waals surface area contributed by atoms with Crippen LogP contribution in [0.3, 0.4) is 0 Å². The molecule has 0 unspecified atom stereocenters. The molecule has 2 N–H and O–H groups in total. The van der Waals surface area contributed by atoms with E-state index in [0.29, 0.717) is 21.8 Å². The highest BCUT2D eigenvalue weighted by atomic mass is 79.9. The van der Waals surface area contributed by atoms with Gasteiger partial charge in [-0.15, -0.1) is 0 Å². The van der Waals surface area contributed by atoms with Crippen LogP contribution in [0.1, 0.15) is 5.56 Å². The second-order valence-corrected chi connectivity index (χ2v) is 5.28. The van der Waals surface area contributed by atoms with Gasteiger partial charge in [0.2, 0.25) is 0 Å². The minimum absolute atomic E-state index is 0.106. The third-order valence-corrected chi connectivity index (χ3v) is 3.47. The highest BCUT2D eigenvalue weighted by molar-refractivity contribution is 9.10. The molecule has 3 nitrogen and oxygen atoms in total. The summed E-state index contributed by atoms with van der Waals surface area (Å²) in [6, 6.07) is 11.1. The highest BCUT2D eigenvalue weighted by Gasteiger charge is 2.08. The van der Waals surface area contributed by atoms with E-state index < -0.39 is 0 Å². The van der Waals surface area contributed by atoms with Gasteiger partial charge in [0.05, 0.1) is 11.6 Å². The molecule has 0 spiro atoms. The van der Waals surface area contributed by atoms with Crippen molar-refractivity contribution in [1.29, 1.82) is 0 Å². The normalized spacial score (nSPS) is 10.3. The van der Waals surface area contributed by atoms with Crippen LogP contribution in [0.2, 0.25) is 5.02 Å². The van der Waals surface area contributed by atoms with Gasteiger partial charge in [-0.3, -0.25) is 0 Å². The number of phenolic OH excluding ortho intramolecular Hbond substituents is 1. The first-order chi connectivity index (χ1) is 9.10. The van der Waals surface area contributed by atoms with Gasteiger partial charge < -0.3 is 15.2 Å². The number of hydrogen-bond donors (Lipinski definition) is 2. The second-order valence-electron chi connectivity index (χ2n) is 3.99. The number of methoxy groups -OCH3 is 1. The fourth-order valence-corrected chi connectivity index (χ4v) is 2.37. The van der Waals surface area contributed by atoms with Gasteiger partial charge in [-0.1, -0.05) is 17.7 Å². The van der Waals surface area contributed by atoms with Crippen molar-refractivity contribution in [2.45, 2.75) is 6.54 Å². The van der Waals surface area contributed by atoms with Crippen molar-refractivity contribution in [3.63, 3.8) is 0 Å². The van der Waals surface area contributed by atoms with Crippen molar-refractivity contribution >= 4 is 33.2 Å². The van der Waals surface area contributed by atoms with Crippen molar-refractivity contribution in [2.24, 2.45) is 0 Å². The number of halogens is 2. The zero-order chi connectivity index (χ0) is 13.8. The van der Waals surface area contributed by atoms with Crippen molar-refractivity contribution in [1.82, 2.24) is 0 Å². The monoisotopic (exact) mass is 341 g/mol. The van der Waals surface area contributed by atoms with Crippen LogP contribution in [-0.2, 0) is 6.54 Å². The van der Waals surface area contributed by atoms with E-state index >= 15 is 0 Å². The number of aromatic hydroxyl groups is 1. The zero-order valence-corrected chi connectivity index (χ0v) is 12.6. The topological polar surface area (TPSA) is 41.5 Å². The number of rotatable bonds is 4. The summed E-state index contributed by atoms with van der Waals surface area (Å²) in [5, 5.41) is 13.7. The first-order valence-electron chi connectivity index (χ1n) is 5.65. The molecule has 0 fully saturated rings. The van der Waals surface area contributed by atoms with E-state index in [1.54, 1.807) is 6.07 Å². The second kappa shape index (κ2) is 6.17. The Morgan fingerprint density at radius 2 is 2.11 bits per heavy atom. The van der Waals surface area contributed by atoms with Crippen molar-refractivity contribution < 1.29 is 9.84 Å². The zero-order valence-electron chi connectivity index (χ0n) is 10.3. The summed E-state index contributed by atoms with van der Waals surface area (Å²) >= 11 is 9.22. The molecule has 0 radical (unpaired) electrons. The van der Waals surface area contributed by atoms with Crippen molar-refractivity contribution in [3.05, 3.63) is 51.5 Å². The third-order valence-electron chi connectivity index (χ3n) is 2.63. The smallest absolute Gasteiger partial charge is 0.172 e. The predicted octanol–water partition coefficient (Wildman–Crippen LogP) is 4.43. The van der Waals surface area contributed by atoms with Crippen LogP contribution in [0, 0.1) is 0 Å². The molecule has 19 heavy (non-hydrogen) atoms. The van der Waals surface area contributed by atoms with Gasteiger partial charge in [0.25, 0.3) is 0 Å². The summed E-state index contributed by atoms with van der Waals surface area (Å²) in [7, 11) is 1.52. The minimum atomic E-state index is 0.106. The Morgan fingerprint density at radius 3 is 2.79 bits per heavy atom. The van der Waals surface area contributed by atoms with Crippen molar-refractivity contribution in [2.75, 3.05) is 12.4 Å². The summed E-state index contributed by atoms with van der Waals surface area (Å²) in [6.45, 7) is 0.607. The number of anilines is 1. The molecule has 0 aliphatic rings. The quantitative estimate of drug-likeness (QED) is 0.863. The Hall–Kier alpha value is -1.39. The maximum atomic E-state index is 9.73. The fraction of sp³-hybridized carbons (Fsp3) is 0.143. The van der Waals surface area contributed by atoms with E-state index in [-0.39, 0.29) is 5.75 Å². The van der Waals surface area contributed by atoms with Crippen LogP contribution >= 0.6 is 27.5 Å². The highest BCUT2D eigenvalue weighted by Crippen LogP contribution is 2.35. The molecule has 0 aromatic heterocycles. The van der Waals surface area contributed by atoms with Gasteiger partial charge in [-0.2, -0.15) is 0 Å². The maximum Gasteiger partial charge on any atom is 0.172 e. The first kappa shape index (κ1) is 14.0. The Balaban J connectivity index is 2.13. The predicted molar refractivity (Wildman–Crippen MR) is 81.1 cm³/mol. The summed E-state index contributed by atoms with van der Waals surface area (Å²) in [5.41, 5.74) is 1.93. The molecule has 5 heteroatoms. The Bertz CT molecular complexity index is 590. The molecule has 0 atom stereocenters. The van der Waals surface area contributed by atoms with Gasteiger partial charge in [-0.25, -0.2) is 0 Å². The number of benzene rings is 2. The van der Waals surface area contributed by atoms with Crippen molar-refractivity contribution in [3.8, 4) is 11.5 Å². The van der Waals surface area contributed by atoms with Crippen LogP contribution < -0.4 is 10.1 Å². The molecule has 0 heterocycles.